The molecule has 0 N–H and O–H groups in total. The van der Waals surface area contributed by atoms with Crippen molar-refractivity contribution in [2.75, 3.05) is 0 Å². The molecule has 0 atom stereocenters. The second kappa shape index (κ2) is 4.00. The number of benzene rings is 1. The molecule has 16 heavy (non-hydrogen) atoms. The van der Waals surface area contributed by atoms with Crippen LogP contribution in [0, 0.1) is 5.92 Å². The topological polar surface area (TPSA) is 46.5 Å². The molecule has 0 unspecified atom stereocenters. The Morgan fingerprint density at radius 3 is 2.06 bits per heavy atom. The summed E-state index contributed by atoms with van der Waals surface area (Å²) in [5.41, 5.74) is 1.04. The summed E-state index contributed by atoms with van der Waals surface area (Å²) in [6.45, 7) is 3.82. The Morgan fingerprint density at radius 1 is 1.12 bits per heavy atom. The Labute approximate surface area is 94.2 Å². The maximum Gasteiger partial charge on any atom is 0.179 e. The highest BCUT2D eigenvalue weighted by Crippen LogP contribution is 2.25. The lowest BCUT2D eigenvalue weighted by Crippen LogP contribution is -2.17. The minimum absolute atomic E-state index is 0.101. The Morgan fingerprint density at radius 2 is 1.62 bits per heavy atom. The molecule has 2 rings (SSSR count). The second-order valence-corrected chi connectivity index (χ2v) is 4.14. The van der Waals surface area contributed by atoms with Crippen LogP contribution in [0.15, 0.2) is 29.3 Å². The smallest absolute Gasteiger partial charge is 0.179 e. The lowest BCUT2D eigenvalue weighted by Gasteiger charge is -1.99. The average molecular weight is 215 g/mol. The van der Waals surface area contributed by atoms with Gasteiger partial charge in [-0.1, -0.05) is 24.3 Å². The molecule has 0 spiro atoms. The fourth-order valence-corrected chi connectivity index (χ4v) is 1.76. The van der Waals surface area contributed by atoms with Crippen LogP contribution in [0.25, 0.3) is 0 Å². The lowest BCUT2D eigenvalue weighted by atomic mass is 10.1. The molecule has 0 bridgehead atoms. The zero-order valence-electron chi connectivity index (χ0n) is 9.31. The largest absolute Gasteiger partial charge is 0.294 e. The van der Waals surface area contributed by atoms with Crippen molar-refractivity contribution in [3.8, 4) is 0 Å². The molecule has 3 nitrogen and oxygen atoms in total. The number of ketones is 2. The van der Waals surface area contributed by atoms with Gasteiger partial charge in [0, 0.05) is 23.4 Å². The summed E-state index contributed by atoms with van der Waals surface area (Å²) in [4.78, 5) is 27.9. The highest BCUT2D eigenvalue weighted by Gasteiger charge is 2.36. The predicted molar refractivity (Wildman–Crippen MR) is 62.2 cm³/mol. The summed E-state index contributed by atoms with van der Waals surface area (Å²) in [5.74, 6) is -0.977. The third-order valence-electron chi connectivity index (χ3n) is 2.56. The first kappa shape index (κ1) is 10.7. The summed E-state index contributed by atoms with van der Waals surface area (Å²) in [7, 11) is 0. The van der Waals surface area contributed by atoms with Gasteiger partial charge in [0.15, 0.2) is 11.6 Å². The van der Waals surface area contributed by atoms with Crippen molar-refractivity contribution >= 4 is 17.8 Å². The normalized spacial score (nSPS) is 16.4. The van der Waals surface area contributed by atoms with Gasteiger partial charge in [0.05, 0.1) is 0 Å². The average Bonchev–Trinajstić information content (AvgIpc) is 2.50. The molecule has 1 aromatic carbocycles. The maximum atomic E-state index is 11.9. The minimum atomic E-state index is -0.709. The minimum Gasteiger partial charge on any atom is -0.294 e. The van der Waals surface area contributed by atoms with E-state index >= 15 is 0 Å². The van der Waals surface area contributed by atoms with E-state index in [0.29, 0.717) is 11.1 Å². The van der Waals surface area contributed by atoms with Crippen molar-refractivity contribution in [1.82, 2.24) is 0 Å². The molecule has 1 aliphatic rings. The van der Waals surface area contributed by atoms with Crippen LogP contribution in [0.4, 0.5) is 0 Å². The highest BCUT2D eigenvalue weighted by atomic mass is 16.2. The number of hydrogen-bond donors (Lipinski definition) is 0. The van der Waals surface area contributed by atoms with Crippen LogP contribution in [-0.2, 0) is 0 Å². The van der Waals surface area contributed by atoms with Crippen molar-refractivity contribution in [2.45, 2.75) is 19.9 Å². The van der Waals surface area contributed by atoms with Crippen LogP contribution in [0.2, 0.25) is 0 Å². The van der Waals surface area contributed by atoms with Crippen molar-refractivity contribution < 1.29 is 9.59 Å². The fourth-order valence-electron chi connectivity index (χ4n) is 1.76. The van der Waals surface area contributed by atoms with Crippen LogP contribution >= 0.6 is 0 Å². The fraction of sp³-hybridized carbons (Fsp3) is 0.308. The van der Waals surface area contributed by atoms with E-state index in [1.165, 1.54) is 6.21 Å². The first-order chi connectivity index (χ1) is 7.61. The lowest BCUT2D eigenvalue weighted by molar-refractivity contribution is 0.0886. The number of carbonyl (C=O) groups excluding carboxylic acids is 2. The van der Waals surface area contributed by atoms with Gasteiger partial charge < -0.3 is 0 Å². The van der Waals surface area contributed by atoms with E-state index in [2.05, 4.69) is 4.99 Å². The molecule has 0 saturated heterocycles. The molecule has 1 aromatic rings. The molecule has 0 amide bonds. The molecule has 0 radical (unpaired) electrons. The summed E-state index contributed by atoms with van der Waals surface area (Å²) >= 11 is 0. The zero-order chi connectivity index (χ0) is 11.7. The van der Waals surface area contributed by atoms with Crippen molar-refractivity contribution in [2.24, 2.45) is 10.9 Å². The Kier molecular flexibility index (Phi) is 2.69. The van der Waals surface area contributed by atoms with E-state index < -0.39 is 5.92 Å². The maximum absolute atomic E-state index is 11.9. The highest BCUT2D eigenvalue weighted by molar-refractivity contribution is 6.33. The third-order valence-corrected chi connectivity index (χ3v) is 2.56. The van der Waals surface area contributed by atoms with E-state index in [1.807, 2.05) is 13.8 Å². The second-order valence-electron chi connectivity index (χ2n) is 4.14. The summed E-state index contributed by atoms with van der Waals surface area (Å²) in [6, 6.07) is 7.03. The first-order valence-corrected chi connectivity index (χ1v) is 5.32. The van der Waals surface area contributed by atoms with E-state index in [-0.39, 0.29) is 17.6 Å². The van der Waals surface area contributed by atoms with Crippen LogP contribution in [0.3, 0.4) is 0 Å². The molecule has 0 heterocycles. The molecular formula is C13H13NO2. The summed E-state index contributed by atoms with van der Waals surface area (Å²) < 4.78 is 0. The molecule has 0 aromatic heterocycles. The van der Waals surface area contributed by atoms with Gasteiger partial charge in [-0.15, -0.1) is 0 Å². The first-order valence-electron chi connectivity index (χ1n) is 5.32. The van der Waals surface area contributed by atoms with Gasteiger partial charge in [0.1, 0.15) is 5.92 Å². The molecule has 0 saturated carbocycles. The van der Waals surface area contributed by atoms with Crippen molar-refractivity contribution in [1.29, 1.82) is 0 Å². The van der Waals surface area contributed by atoms with Crippen LogP contribution in [-0.4, -0.2) is 23.8 Å². The molecule has 0 fully saturated rings. The SMILES string of the molecule is CC(C)N=CC1C(=O)c2ccccc2C1=O. The van der Waals surface area contributed by atoms with Gasteiger partial charge in [0.25, 0.3) is 0 Å². The van der Waals surface area contributed by atoms with E-state index in [4.69, 9.17) is 0 Å². The number of hydrogen-bond acceptors (Lipinski definition) is 3. The van der Waals surface area contributed by atoms with Crippen LogP contribution in [0.1, 0.15) is 34.6 Å². The quantitative estimate of drug-likeness (QED) is 0.560. The third kappa shape index (κ3) is 1.69. The number of aliphatic imine (C=N–C) groups is 1. The Hall–Kier alpha value is -1.77. The van der Waals surface area contributed by atoms with Gasteiger partial charge in [-0.3, -0.25) is 14.6 Å². The number of fused-ring (bicyclic) bond motifs is 1. The van der Waals surface area contributed by atoms with Gasteiger partial charge in [-0.05, 0) is 13.8 Å². The number of rotatable bonds is 2. The van der Waals surface area contributed by atoms with Crippen LogP contribution < -0.4 is 0 Å². The number of nitrogens with zero attached hydrogens (tertiary/aromatic N) is 1. The van der Waals surface area contributed by atoms with Crippen molar-refractivity contribution in [3.05, 3.63) is 35.4 Å². The molecule has 0 aliphatic heterocycles. The van der Waals surface area contributed by atoms with Gasteiger partial charge in [-0.25, -0.2) is 0 Å². The zero-order valence-corrected chi connectivity index (χ0v) is 9.31. The molecule has 82 valence electrons. The van der Waals surface area contributed by atoms with Gasteiger partial charge in [-0.2, -0.15) is 0 Å². The standard InChI is InChI=1S/C13H13NO2/c1-8(2)14-7-11-12(15)9-5-3-4-6-10(9)13(11)16/h3-8,11H,1-2H3. The Balaban J connectivity index is 2.35. The van der Waals surface area contributed by atoms with Crippen LogP contribution in [0.5, 0.6) is 0 Å². The van der Waals surface area contributed by atoms with E-state index in [1.54, 1.807) is 24.3 Å². The van der Waals surface area contributed by atoms with Gasteiger partial charge in [0.2, 0.25) is 0 Å². The van der Waals surface area contributed by atoms with E-state index in [9.17, 15) is 9.59 Å². The molecule has 1 aliphatic carbocycles. The molecule has 3 heteroatoms. The monoisotopic (exact) mass is 215 g/mol. The van der Waals surface area contributed by atoms with E-state index in [0.717, 1.165) is 0 Å². The summed E-state index contributed by atoms with van der Waals surface area (Å²) in [6.07, 6.45) is 1.48. The predicted octanol–water partition coefficient (Wildman–Crippen LogP) is 2.16. The molecular weight excluding hydrogens is 202 g/mol. The number of Topliss-reactive ketones (excluding diaryl/α,β-unsaturated/α-hetero) is 2. The van der Waals surface area contributed by atoms with Crippen molar-refractivity contribution in [3.63, 3.8) is 0 Å². The van der Waals surface area contributed by atoms with Gasteiger partial charge >= 0.3 is 0 Å². The Bertz CT molecular complexity index is 440. The summed E-state index contributed by atoms with van der Waals surface area (Å²) in [5, 5.41) is 0. The number of carbonyl (C=O) groups is 2.